The Morgan fingerprint density at radius 2 is 1.57 bits per heavy atom. The van der Waals surface area contributed by atoms with Crippen molar-refractivity contribution in [2.75, 3.05) is 23.3 Å². The van der Waals surface area contributed by atoms with E-state index in [-0.39, 0.29) is 23.8 Å². The zero-order valence-corrected chi connectivity index (χ0v) is 18.4. The van der Waals surface area contributed by atoms with Gasteiger partial charge >= 0.3 is 0 Å². The molecule has 1 aromatic rings. The molecule has 1 aliphatic heterocycles. The van der Waals surface area contributed by atoms with Crippen LogP contribution in [0, 0.1) is 11.8 Å². The van der Waals surface area contributed by atoms with Gasteiger partial charge in [-0.1, -0.05) is 39.0 Å². The van der Waals surface area contributed by atoms with Gasteiger partial charge in [0.2, 0.25) is 5.91 Å². The smallest absolute Gasteiger partial charge is 0.253 e. The molecule has 3 aliphatic rings. The first-order chi connectivity index (χ1) is 14.6. The van der Waals surface area contributed by atoms with Crippen LogP contribution in [0.3, 0.4) is 0 Å². The molecular formula is C25H37N3O2. The van der Waals surface area contributed by atoms with E-state index in [9.17, 15) is 9.59 Å². The second-order valence-corrected chi connectivity index (χ2v) is 9.68. The number of carbonyl (C=O) groups is 2. The normalized spacial score (nSPS) is 21.6. The third kappa shape index (κ3) is 5.16. The zero-order chi connectivity index (χ0) is 20.9. The molecule has 0 spiro atoms. The summed E-state index contributed by atoms with van der Waals surface area (Å²) in [7, 11) is 0. The van der Waals surface area contributed by atoms with Gasteiger partial charge in [-0.25, -0.2) is 0 Å². The summed E-state index contributed by atoms with van der Waals surface area (Å²) in [5.74, 6) is 0.969. The standard InChI is InChI=1S/C25H37N3O2/c1-18-13-15-28(16-14-18)23-12-11-21(27-24(29)19-7-5-6-8-19)17-22(23)25(30)26-20-9-3-2-4-10-20/h11-12,17-20H,2-10,13-16H2,1H3,(H,26,30)(H,27,29). The Morgan fingerprint density at radius 3 is 2.27 bits per heavy atom. The maximum atomic E-state index is 13.3. The van der Waals surface area contributed by atoms with Crippen molar-refractivity contribution in [2.45, 2.75) is 83.6 Å². The first-order valence-corrected chi connectivity index (χ1v) is 12.1. The monoisotopic (exact) mass is 411 g/mol. The SMILES string of the molecule is CC1CCN(c2ccc(NC(=O)C3CCCC3)cc2C(=O)NC2CCCCC2)CC1. The highest BCUT2D eigenvalue weighted by Crippen LogP contribution is 2.31. The number of anilines is 2. The second-order valence-electron chi connectivity index (χ2n) is 9.68. The Balaban J connectivity index is 1.53. The average molecular weight is 412 g/mol. The first kappa shape index (κ1) is 21.2. The minimum absolute atomic E-state index is 0.00693. The van der Waals surface area contributed by atoms with Gasteiger partial charge in [0, 0.05) is 36.4 Å². The maximum absolute atomic E-state index is 13.3. The lowest BCUT2D eigenvalue weighted by Gasteiger charge is -2.34. The largest absolute Gasteiger partial charge is 0.371 e. The van der Waals surface area contributed by atoms with Gasteiger partial charge in [-0.15, -0.1) is 0 Å². The molecule has 5 heteroatoms. The third-order valence-corrected chi connectivity index (χ3v) is 7.30. The molecule has 164 valence electrons. The van der Waals surface area contributed by atoms with Crippen LogP contribution in [0.4, 0.5) is 11.4 Å². The van der Waals surface area contributed by atoms with E-state index in [1.54, 1.807) is 0 Å². The molecule has 2 amide bonds. The maximum Gasteiger partial charge on any atom is 0.253 e. The predicted octanol–water partition coefficient (Wildman–Crippen LogP) is 5.11. The van der Waals surface area contributed by atoms with Crippen LogP contribution in [-0.4, -0.2) is 30.9 Å². The average Bonchev–Trinajstić information content (AvgIpc) is 3.30. The molecule has 2 N–H and O–H groups in total. The van der Waals surface area contributed by atoms with Gasteiger partial charge in [-0.05, 0) is 62.6 Å². The van der Waals surface area contributed by atoms with E-state index in [0.29, 0.717) is 5.56 Å². The third-order valence-electron chi connectivity index (χ3n) is 7.30. The summed E-state index contributed by atoms with van der Waals surface area (Å²) in [5, 5.41) is 6.36. The lowest BCUT2D eigenvalue weighted by molar-refractivity contribution is -0.119. The van der Waals surface area contributed by atoms with E-state index in [0.717, 1.165) is 81.7 Å². The molecule has 0 radical (unpaired) electrons. The fraction of sp³-hybridized carbons (Fsp3) is 0.680. The summed E-state index contributed by atoms with van der Waals surface area (Å²) in [6.07, 6.45) is 12.3. The molecule has 2 aliphatic carbocycles. The van der Waals surface area contributed by atoms with Gasteiger partial charge in [0.1, 0.15) is 0 Å². The van der Waals surface area contributed by atoms with Crippen LogP contribution in [0.15, 0.2) is 18.2 Å². The van der Waals surface area contributed by atoms with Crippen LogP contribution in [-0.2, 0) is 4.79 Å². The van der Waals surface area contributed by atoms with E-state index < -0.39 is 0 Å². The van der Waals surface area contributed by atoms with Crippen LogP contribution >= 0.6 is 0 Å². The number of amides is 2. The predicted molar refractivity (Wildman–Crippen MR) is 122 cm³/mol. The quantitative estimate of drug-likeness (QED) is 0.707. The summed E-state index contributed by atoms with van der Waals surface area (Å²) >= 11 is 0. The van der Waals surface area contributed by atoms with E-state index in [4.69, 9.17) is 0 Å². The number of hydrogen-bond acceptors (Lipinski definition) is 3. The Kier molecular flexibility index (Phi) is 6.96. The molecule has 1 aromatic carbocycles. The van der Waals surface area contributed by atoms with Crippen LogP contribution in [0.1, 0.15) is 87.9 Å². The molecule has 30 heavy (non-hydrogen) atoms. The Bertz CT molecular complexity index is 743. The minimum atomic E-state index is 0.00693. The van der Waals surface area contributed by atoms with Crippen molar-refractivity contribution >= 4 is 23.2 Å². The molecule has 4 rings (SSSR count). The molecule has 2 saturated carbocycles. The van der Waals surface area contributed by atoms with Gasteiger partial charge in [0.05, 0.1) is 5.56 Å². The van der Waals surface area contributed by atoms with Crippen molar-refractivity contribution in [3.8, 4) is 0 Å². The Morgan fingerprint density at radius 1 is 0.900 bits per heavy atom. The van der Waals surface area contributed by atoms with E-state index in [2.05, 4.69) is 22.5 Å². The van der Waals surface area contributed by atoms with Crippen molar-refractivity contribution in [3.63, 3.8) is 0 Å². The van der Waals surface area contributed by atoms with E-state index in [1.165, 1.54) is 19.3 Å². The lowest BCUT2D eigenvalue weighted by Crippen LogP contribution is -2.38. The number of nitrogens with zero attached hydrogens (tertiary/aromatic N) is 1. The molecule has 0 atom stereocenters. The van der Waals surface area contributed by atoms with Crippen molar-refractivity contribution in [1.29, 1.82) is 0 Å². The van der Waals surface area contributed by atoms with E-state index >= 15 is 0 Å². The number of rotatable bonds is 5. The number of benzene rings is 1. The molecule has 0 aromatic heterocycles. The van der Waals surface area contributed by atoms with Gasteiger partial charge in [-0.2, -0.15) is 0 Å². The first-order valence-electron chi connectivity index (χ1n) is 12.1. The summed E-state index contributed by atoms with van der Waals surface area (Å²) < 4.78 is 0. The van der Waals surface area contributed by atoms with Crippen LogP contribution in [0.25, 0.3) is 0 Å². The molecule has 1 heterocycles. The Hall–Kier alpha value is -2.04. The number of carbonyl (C=O) groups excluding carboxylic acids is 2. The van der Waals surface area contributed by atoms with Crippen molar-refractivity contribution in [3.05, 3.63) is 23.8 Å². The van der Waals surface area contributed by atoms with Crippen molar-refractivity contribution in [2.24, 2.45) is 11.8 Å². The van der Waals surface area contributed by atoms with Gasteiger partial charge in [0.15, 0.2) is 0 Å². The van der Waals surface area contributed by atoms with E-state index in [1.807, 2.05) is 18.2 Å². The summed E-state index contributed by atoms with van der Waals surface area (Å²) in [5.41, 5.74) is 2.46. The van der Waals surface area contributed by atoms with Gasteiger partial charge < -0.3 is 15.5 Å². The highest BCUT2D eigenvalue weighted by atomic mass is 16.2. The molecule has 3 fully saturated rings. The van der Waals surface area contributed by atoms with Crippen LogP contribution < -0.4 is 15.5 Å². The highest BCUT2D eigenvalue weighted by molar-refractivity contribution is 6.02. The molecular weight excluding hydrogens is 374 g/mol. The highest BCUT2D eigenvalue weighted by Gasteiger charge is 2.26. The topological polar surface area (TPSA) is 61.4 Å². The molecule has 0 bridgehead atoms. The molecule has 0 unspecified atom stereocenters. The van der Waals surface area contributed by atoms with Crippen LogP contribution in [0.5, 0.6) is 0 Å². The zero-order valence-electron chi connectivity index (χ0n) is 18.4. The number of nitrogens with one attached hydrogen (secondary N) is 2. The minimum Gasteiger partial charge on any atom is -0.371 e. The number of piperidine rings is 1. The molecule has 1 saturated heterocycles. The lowest BCUT2D eigenvalue weighted by atomic mass is 9.95. The second kappa shape index (κ2) is 9.84. The van der Waals surface area contributed by atoms with Gasteiger partial charge in [0.25, 0.3) is 5.91 Å². The Labute approximate surface area is 181 Å². The summed E-state index contributed by atoms with van der Waals surface area (Å²) in [6, 6.07) is 6.18. The van der Waals surface area contributed by atoms with Crippen LogP contribution in [0.2, 0.25) is 0 Å². The summed E-state index contributed by atoms with van der Waals surface area (Å²) in [4.78, 5) is 28.2. The van der Waals surface area contributed by atoms with Gasteiger partial charge in [-0.3, -0.25) is 9.59 Å². The fourth-order valence-corrected chi connectivity index (χ4v) is 5.26. The van der Waals surface area contributed by atoms with Crippen molar-refractivity contribution in [1.82, 2.24) is 5.32 Å². The fourth-order valence-electron chi connectivity index (χ4n) is 5.26. The summed E-state index contributed by atoms with van der Waals surface area (Å²) in [6.45, 7) is 4.27. The molecule has 5 nitrogen and oxygen atoms in total. The number of hydrogen-bond donors (Lipinski definition) is 2. The van der Waals surface area contributed by atoms with Crippen molar-refractivity contribution < 1.29 is 9.59 Å².